The van der Waals surface area contributed by atoms with Gasteiger partial charge in [0, 0.05) is 17.7 Å². The van der Waals surface area contributed by atoms with Gasteiger partial charge in [0.1, 0.15) is 0 Å². The predicted molar refractivity (Wildman–Crippen MR) is 107 cm³/mol. The SMILES string of the molecule is CCCC1CC=C(c2ccc(-c3ccc(CCCO)cc3)c(F)c2F)CC1. The van der Waals surface area contributed by atoms with Crippen LogP contribution in [0.15, 0.2) is 42.5 Å². The van der Waals surface area contributed by atoms with E-state index in [9.17, 15) is 8.78 Å². The Balaban J connectivity index is 1.81. The molecule has 1 unspecified atom stereocenters. The maximum atomic E-state index is 14.8. The van der Waals surface area contributed by atoms with Crippen LogP contribution in [0.5, 0.6) is 0 Å². The molecule has 1 aliphatic rings. The minimum Gasteiger partial charge on any atom is -0.396 e. The maximum absolute atomic E-state index is 14.8. The molecule has 0 aromatic heterocycles. The predicted octanol–water partition coefficient (Wildman–Crippen LogP) is 6.54. The summed E-state index contributed by atoms with van der Waals surface area (Å²) in [6.07, 6.45) is 8.78. The van der Waals surface area contributed by atoms with Gasteiger partial charge in [-0.25, -0.2) is 8.78 Å². The molecule has 2 aromatic rings. The second-order valence-corrected chi connectivity index (χ2v) is 7.47. The maximum Gasteiger partial charge on any atom is 0.167 e. The molecule has 2 aromatic carbocycles. The van der Waals surface area contributed by atoms with Crippen LogP contribution in [0.3, 0.4) is 0 Å². The number of hydrogen-bond acceptors (Lipinski definition) is 1. The summed E-state index contributed by atoms with van der Waals surface area (Å²) in [6, 6.07) is 10.9. The fraction of sp³-hybridized carbons (Fsp3) is 0.417. The van der Waals surface area contributed by atoms with Gasteiger partial charge in [-0.3, -0.25) is 0 Å². The van der Waals surface area contributed by atoms with Gasteiger partial charge in [-0.2, -0.15) is 0 Å². The van der Waals surface area contributed by atoms with Gasteiger partial charge in [-0.15, -0.1) is 0 Å². The first-order chi connectivity index (χ1) is 13.1. The number of rotatable bonds is 7. The van der Waals surface area contributed by atoms with E-state index in [1.165, 1.54) is 12.8 Å². The van der Waals surface area contributed by atoms with E-state index in [0.29, 0.717) is 29.0 Å². The number of halogens is 2. The third kappa shape index (κ3) is 4.65. The fourth-order valence-electron chi connectivity index (χ4n) is 3.96. The standard InChI is InChI=1S/C24H28F2O/c1-2-4-17-6-10-19(11-7-17)21-14-15-22(24(26)23(21)25)20-12-8-18(9-13-20)5-3-16-27/h8-10,12-15,17,27H,2-7,11,16H2,1H3. The summed E-state index contributed by atoms with van der Waals surface area (Å²) in [5, 5.41) is 8.91. The molecule has 0 aliphatic heterocycles. The number of aliphatic hydroxyl groups excluding tert-OH is 1. The first-order valence-corrected chi connectivity index (χ1v) is 10.0. The molecule has 27 heavy (non-hydrogen) atoms. The summed E-state index contributed by atoms with van der Waals surface area (Å²) in [6.45, 7) is 2.34. The Hall–Kier alpha value is -2.00. The Labute approximate surface area is 160 Å². The van der Waals surface area contributed by atoms with Crippen LogP contribution in [-0.4, -0.2) is 11.7 Å². The van der Waals surface area contributed by atoms with Crippen molar-refractivity contribution in [2.75, 3.05) is 6.61 Å². The number of hydrogen-bond donors (Lipinski definition) is 1. The molecule has 1 nitrogen and oxygen atoms in total. The molecule has 3 heteroatoms. The van der Waals surface area contributed by atoms with Gasteiger partial charge in [0.15, 0.2) is 11.6 Å². The Morgan fingerprint density at radius 2 is 1.70 bits per heavy atom. The zero-order chi connectivity index (χ0) is 19.2. The first kappa shape index (κ1) is 19.8. The lowest BCUT2D eigenvalue weighted by Crippen LogP contribution is -2.06. The second-order valence-electron chi connectivity index (χ2n) is 7.47. The topological polar surface area (TPSA) is 20.2 Å². The lowest BCUT2D eigenvalue weighted by atomic mass is 9.84. The molecule has 0 fully saturated rings. The Kier molecular flexibility index (Phi) is 6.78. The van der Waals surface area contributed by atoms with Crippen LogP contribution < -0.4 is 0 Å². The van der Waals surface area contributed by atoms with Crippen molar-refractivity contribution in [3.05, 3.63) is 65.2 Å². The van der Waals surface area contributed by atoms with Gasteiger partial charge in [0.25, 0.3) is 0 Å². The summed E-state index contributed by atoms with van der Waals surface area (Å²) in [5.74, 6) is -0.834. The van der Waals surface area contributed by atoms with E-state index in [-0.39, 0.29) is 6.61 Å². The zero-order valence-electron chi connectivity index (χ0n) is 16.0. The second kappa shape index (κ2) is 9.27. The number of benzene rings is 2. The molecule has 0 radical (unpaired) electrons. The third-order valence-corrected chi connectivity index (χ3v) is 5.53. The van der Waals surface area contributed by atoms with Gasteiger partial charge in [-0.05, 0) is 54.7 Å². The number of allylic oxidation sites excluding steroid dienone is 2. The lowest BCUT2D eigenvalue weighted by Gasteiger charge is -2.22. The van der Waals surface area contributed by atoms with E-state index in [1.54, 1.807) is 12.1 Å². The van der Waals surface area contributed by atoms with E-state index in [4.69, 9.17) is 5.11 Å². The van der Waals surface area contributed by atoms with Crippen LogP contribution in [0.2, 0.25) is 0 Å². The van der Waals surface area contributed by atoms with Gasteiger partial charge < -0.3 is 5.11 Å². The van der Waals surface area contributed by atoms with E-state index in [0.717, 1.165) is 36.8 Å². The average Bonchev–Trinajstić information content (AvgIpc) is 2.70. The van der Waals surface area contributed by atoms with Crippen LogP contribution in [0, 0.1) is 17.6 Å². The Morgan fingerprint density at radius 3 is 2.33 bits per heavy atom. The lowest BCUT2D eigenvalue weighted by molar-refractivity contribution is 0.288. The normalized spacial score (nSPS) is 17.0. The monoisotopic (exact) mass is 370 g/mol. The van der Waals surface area contributed by atoms with Crippen LogP contribution in [0.25, 0.3) is 16.7 Å². The molecule has 1 aliphatic carbocycles. The van der Waals surface area contributed by atoms with Crippen molar-refractivity contribution in [2.24, 2.45) is 5.92 Å². The summed E-state index contributed by atoms with van der Waals surface area (Å²) < 4.78 is 29.5. The molecular weight excluding hydrogens is 342 g/mol. The highest BCUT2D eigenvalue weighted by atomic mass is 19.2. The van der Waals surface area contributed by atoms with E-state index < -0.39 is 11.6 Å². The fourth-order valence-corrected chi connectivity index (χ4v) is 3.96. The molecule has 0 heterocycles. The molecule has 0 amide bonds. The molecule has 144 valence electrons. The minimum absolute atomic E-state index is 0.151. The summed E-state index contributed by atoms with van der Waals surface area (Å²) in [5.41, 5.74) is 3.39. The summed E-state index contributed by atoms with van der Waals surface area (Å²) >= 11 is 0. The molecule has 3 rings (SSSR count). The summed E-state index contributed by atoms with van der Waals surface area (Å²) in [4.78, 5) is 0. The highest BCUT2D eigenvalue weighted by Crippen LogP contribution is 2.36. The van der Waals surface area contributed by atoms with E-state index >= 15 is 0 Å². The van der Waals surface area contributed by atoms with Crippen molar-refractivity contribution in [1.82, 2.24) is 0 Å². The molecule has 0 bridgehead atoms. The molecule has 1 N–H and O–H groups in total. The molecular formula is C24H28F2O. The molecule has 0 saturated carbocycles. The molecule has 0 saturated heterocycles. The smallest absolute Gasteiger partial charge is 0.167 e. The minimum atomic E-state index is -0.771. The van der Waals surface area contributed by atoms with Crippen molar-refractivity contribution in [2.45, 2.75) is 51.9 Å². The third-order valence-electron chi connectivity index (χ3n) is 5.53. The van der Waals surface area contributed by atoms with Gasteiger partial charge >= 0.3 is 0 Å². The molecule has 0 spiro atoms. The quantitative estimate of drug-likeness (QED) is 0.587. The van der Waals surface area contributed by atoms with Crippen molar-refractivity contribution in [3.63, 3.8) is 0 Å². The van der Waals surface area contributed by atoms with Gasteiger partial charge in [-0.1, -0.05) is 62.2 Å². The Bertz CT molecular complexity index is 793. The highest BCUT2D eigenvalue weighted by Gasteiger charge is 2.20. The zero-order valence-corrected chi connectivity index (χ0v) is 16.0. The van der Waals surface area contributed by atoms with Crippen molar-refractivity contribution < 1.29 is 13.9 Å². The van der Waals surface area contributed by atoms with Crippen LogP contribution in [0.4, 0.5) is 8.78 Å². The molecule has 1 atom stereocenters. The largest absolute Gasteiger partial charge is 0.396 e. The Morgan fingerprint density at radius 1 is 1.00 bits per heavy atom. The van der Waals surface area contributed by atoms with Crippen LogP contribution in [0.1, 0.15) is 56.6 Å². The van der Waals surface area contributed by atoms with Crippen LogP contribution in [-0.2, 0) is 6.42 Å². The highest BCUT2D eigenvalue weighted by molar-refractivity contribution is 5.72. The van der Waals surface area contributed by atoms with E-state index in [1.807, 2.05) is 24.3 Å². The van der Waals surface area contributed by atoms with E-state index in [2.05, 4.69) is 13.0 Å². The van der Waals surface area contributed by atoms with Gasteiger partial charge in [0.2, 0.25) is 0 Å². The van der Waals surface area contributed by atoms with Crippen molar-refractivity contribution in [3.8, 4) is 11.1 Å². The average molecular weight is 370 g/mol. The van der Waals surface area contributed by atoms with Crippen LogP contribution >= 0.6 is 0 Å². The number of aliphatic hydroxyl groups is 1. The van der Waals surface area contributed by atoms with Gasteiger partial charge in [0.05, 0.1) is 0 Å². The number of aryl methyl sites for hydroxylation is 1. The summed E-state index contributed by atoms with van der Waals surface area (Å²) in [7, 11) is 0. The van der Waals surface area contributed by atoms with Crippen molar-refractivity contribution in [1.29, 1.82) is 0 Å². The first-order valence-electron chi connectivity index (χ1n) is 10.0. The van der Waals surface area contributed by atoms with Crippen molar-refractivity contribution >= 4 is 5.57 Å².